The summed E-state index contributed by atoms with van der Waals surface area (Å²) in [6, 6.07) is 16.5. The molecular formula is C22H24N4O. The van der Waals surface area contributed by atoms with Gasteiger partial charge in [0.1, 0.15) is 0 Å². The van der Waals surface area contributed by atoms with Crippen molar-refractivity contribution >= 4 is 11.6 Å². The van der Waals surface area contributed by atoms with Gasteiger partial charge in [-0.3, -0.25) is 9.48 Å². The van der Waals surface area contributed by atoms with Crippen LogP contribution in [0.5, 0.6) is 0 Å². The lowest BCUT2D eigenvalue weighted by Crippen LogP contribution is -2.30. The van der Waals surface area contributed by atoms with Gasteiger partial charge >= 0.3 is 0 Å². The van der Waals surface area contributed by atoms with Crippen molar-refractivity contribution < 1.29 is 4.79 Å². The Morgan fingerprint density at radius 2 is 1.89 bits per heavy atom. The van der Waals surface area contributed by atoms with Crippen molar-refractivity contribution in [3.8, 4) is 0 Å². The van der Waals surface area contributed by atoms with Gasteiger partial charge in [-0.1, -0.05) is 24.3 Å². The molecule has 5 heteroatoms. The van der Waals surface area contributed by atoms with Crippen LogP contribution in [0, 0.1) is 0 Å². The Morgan fingerprint density at radius 3 is 2.63 bits per heavy atom. The first kappa shape index (κ1) is 17.3. The molecule has 4 rings (SSSR count). The SMILES string of the molecule is Cn1cc(CCNC(=O)c2ccc(N3CCc4ccccc4C3)cc2)cn1. The molecule has 0 fully saturated rings. The second-order valence-corrected chi connectivity index (χ2v) is 7.02. The lowest BCUT2D eigenvalue weighted by molar-refractivity contribution is 0.0954. The summed E-state index contributed by atoms with van der Waals surface area (Å²) in [6.07, 6.45) is 5.65. The van der Waals surface area contributed by atoms with E-state index >= 15 is 0 Å². The number of nitrogens with zero attached hydrogens (tertiary/aromatic N) is 3. The molecule has 1 N–H and O–H groups in total. The Morgan fingerprint density at radius 1 is 1.11 bits per heavy atom. The number of hydrogen-bond acceptors (Lipinski definition) is 3. The number of carbonyl (C=O) groups excluding carboxylic acids is 1. The maximum atomic E-state index is 12.3. The molecule has 1 amide bonds. The molecule has 0 saturated heterocycles. The molecule has 1 aliphatic heterocycles. The van der Waals surface area contributed by atoms with E-state index in [2.05, 4.69) is 39.6 Å². The quantitative estimate of drug-likeness (QED) is 0.761. The van der Waals surface area contributed by atoms with Crippen LogP contribution in [0.1, 0.15) is 27.0 Å². The van der Waals surface area contributed by atoms with Gasteiger partial charge in [0, 0.05) is 44.1 Å². The molecule has 1 aliphatic rings. The molecule has 0 aliphatic carbocycles. The monoisotopic (exact) mass is 360 g/mol. The number of anilines is 1. The molecule has 27 heavy (non-hydrogen) atoms. The molecule has 138 valence electrons. The Kier molecular flexibility index (Phi) is 4.92. The van der Waals surface area contributed by atoms with E-state index in [1.54, 1.807) is 4.68 Å². The number of aryl methyl sites for hydroxylation is 1. The van der Waals surface area contributed by atoms with Gasteiger partial charge in [0.15, 0.2) is 0 Å². The maximum absolute atomic E-state index is 12.3. The molecule has 2 aromatic carbocycles. The zero-order chi connectivity index (χ0) is 18.6. The van der Waals surface area contributed by atoms with Crippen LogP contribution in [-0.4, -0.2) is 28.8 Å². The minimum Gasteiger partial charge on any atom is -0.367 e. The van der Waals surface area contributed by atoms with Crippen LogP contribution in [0.15, 0.2) is 60.9 Å². The number of nitrogens with one attached hydrogen (secondary N) is 1. The predicted molar refractivity (Wildman–Crippen MR) is 107 cm³/mol. The van der Waals surface area contributed by atoms with Crippen LogP contribution < -0.4 is 10.2 Å². The average Bonchev–Trinajstić information content (AvgIpc) is 3.12. The molecular weight excluding hydrogens is 336 g/mol. The third-order valence-corrected chi connectivity index (χ3v) is 5.08. The summed E-state index contributed by atoms with van der Waals surface area (Å²) in [4.78, 5) is 14.7. The molecule has 1 aromatic heterocycles. The van der Waals surface area contributed by atoms with Crippen molar-refractivity contribution in [2.24, 2.45) is 7.05 Å². The zero-order valence-corrected chi connectivity index (χ0v) is 15.6. The minimum absolute atomic E-state index is 0.0329. The molecule has 2 heterocycles. The van der Waals surface area contributed by atoms with E-state index in [9.17, 15) is 4.79 Å². The summed E-state index contributed by atoms with van der Waals surface area (Å²) in [5, 5.41) is 7.12. The maximum Gasteiger partial charge on any atom is 0.251 e. The molecule has 0 spiro atoms. The average molecular weight is 360 g/mol. The van der Waals surface area contributed by atoms with Crippen LogP contribution >= 0.6 is 0 Å². The highest BCUT2D eigenvalue weighted by atomic mass is 16.1. The molecule has 3 aromatic rings. The summed E-state index contributed by atoms with van der Waals surface area (Å²) >= 11 is 0. The summed E-state index contributed by atoms with van der Waals surface area (Å²) in [5.74, 6) is -0.0329. The largest absolute Gasteiger partial charge is 0.367 e. The fraction of sp³-hybridized carbons (Fsp3) is 0.273. The standard InChI is InChI=1S/C22H24N4O/c1-25-15-17(14-24-25)10-12-23-22(27)19-6-8-21(9-7-19)26-13-11-18-4-2-3-5-20(18)16-26/h2-9,14-15H,10-13,16H2,1H3,(H,23,27). The molecule has 0 atom stereocenters. The number of rotatable bonds is 5. The molecule has 0 unspecified atom stereocenters. The third-order valence-electron chi connectivity index (χ3n) is 5.08. The summed E-state index contributed by atoms with van der Waals surface area (Å²) in [7, 11) is 1.89. The first-order chi connectivity index (χ1) is 13.2. The van der Waals surface area contributed by atoms with Crippen molar-refractivity contribution in [1.82, 2.24) is 15.1 Å². The van der Waals surface area contributed by atoms with Crippen LogP contribution in [0.25, 0.3) is 0 Å². The van der Waals surface area contributed by atoms with Crippen LogP contribution in [0.2, 0.25) is 0 Å². The van der Waals surface area contributed by atoms with E-state index in [1.807, 2.05) is 43.7 Å². The summed E-state index contributed by atoms with van der Waals surface area (Å²) in [6.45, 7) is 2.54. The van der Waals surface area contributed by atoms with Crippen LogP contribution in [0.3, 0.4) is 0 Å². The fourth-order valence-corrected chi connectivity index (χ4v) is 3.56. The zero-order valence-electron chi connectivity index (χ0n) is 15.6. The van der Waals surface area contributed by atoms with Crippen LogP contribution in [0.4, 0.5) is 5.69 Å². The van der Waals surface area contributed by atoms with Gasteiger partial charge in [0.2, 0.25) is 0 Å². The lowest BCUT2D eigenvalue weighted by atomic mass is 9.99. The highest BCUT2D eigenvalue weighted by molar-refractivity contribution is 5.94. The van der Waals surface area contributed by atoms with E-state index in [-0.39, 0.29) is 5.91 Å². The Bertz CT molecular complexity index is 929. The number of fused-ring (bicyclic) bond motifs is 1. The van der Waals surface area contributed by atoms with Gasteiger partial charge in [0.05, 0.1) is 6.20 Å². The van der Waals surface area contributed by atoms with Gasteiger partial charge in [-0.25, -0.2) is 0 Å². The Labute approximate surface area is 159 Å². The van der Waals surface area contributed by atoms with Crippen molar-refractivity contribution in [2.75, 3.05) is 18.0 Å². The second kappa shape index (κ2) is 7.66. The number of amides is 1. The number of carbonyl (C=O) groups is 1. The number of aromatic nitrogens is 2. The number of hydrogen-bond donors (Lipinski definition) is 1. The van der Waals surface area contributed by atoms with Crippen molar-refractivity contribution in [1.29, 1.82) is 0 Å². The first-order valence-electron chi connectivity index (χ1n) is 9.36. The van der Waals surface area contributed by atoms with Gasteiger partial charge in [-0.05, 0) is 53.8 Å². The van der Waals surface area contributed by atoms with Gasteiger partial charge < -0.3 is 10.2 Å². The van der Waals surface area contributed by atoms with Crippen molar-refractivity contribution in [3.05, 3.63) is 83.2 Å². The first-order valence-corrected chi connectivity index (χ1v) is 9.36. The normalized spacial score (nSPS) is 13.3. The summed E-state index contributed by atoms with van der Waals surface area (Å²) < 4.78 is 1.77. The van der Waals surface area contributed by atoms with E-state index in [0.717, 1.165) is 37.2 Å². The van der Waals surface area contributed by atoms with Crippen molar-refractivity contribution in [3.63, 3.8) is 0 Å². The molecule has 0 saturated carbocycles. The van der Waals surface area contributed by atoms with E-state index in [1.165, 1.54) is 11.1 Å². The predicted octanol–water partition coefficient (Wildman–Crippen LogP) is 2.96. The van der Waals surface area contributed by atoms with Crippen LogP contribution in [-0.2, 0) is 26.4 Å². The van der Waals surface area contributed by atoms with E-state index < -0.39 is 0 Å². The Hall–Kier alpha value is -3.08. The molecule has 0 radical (unpaired) electrons. The topological polar surface area (TPSA) is 50.2 Å². The van der Waals surface area contributed by atoms with Gasteiger partial charge in [-0.15, -0.1) is 0 Å². The molecule has 5 nitrogen and oxygen atoms in total. The van der Waals surface area contributed by atoms with E-state index in [0.29, 0.717) is 12.1 Å². The summed E-state index contributed by atoms with van der Waals surface area (Å²) in [5.41, 5.74) is 5.82. The van der Waals surface area contributed by atoms with E-state index in [4.69, 9.17) is 0 Å². The van der Waals surface area contributed by atoms with Crippen molar-refractivity contribution in [2.45, 2.75) is 19.4 Å². The Balaban J connectivity index is 1.34. The van der Waals surface area contributed by atoms with Gasteiger partial charge in [0.25, 0.3) is 5.91 Å². The number of benzene rings is 2. The smallest absolute Gasteiger partial charge is 0.251 e. The highest BCUT2D eigenvalue weighted by Gasteiger charge is 2.16. The third kappa shape index (κ3) is 4.03. The highest BCUT2D eigenvalue weighted by Crippen LogP contribution is 2.24. The minimum atomic E-state index is -0.0329. The second-order valence-electron chi connectivity index (χ2n) is 7.02. The van der Waals surface area contributed by atoms with Gasteiger partial charge in [-0.2, -0.15) is 5.10 Å². The molecule has 0 bridgehead atoms. The lowest BCUT2D eigenvalue weighted by Gasteiger charge is -2.30. The fourth-order valence-electron chi connectivity index (χ4n) is 3.56.